The summed E-state index contributed by atoms with van der Waals surface area (Å²) in [6, 6.07) is 10.1. The molecule has 5 nitrogen and oxygen atoms in total. The van der Waals surface area contributed by atoms with Crippen molar-refractivity contribution in [2.75, 3.05) is 38.0 Å². The highest BCUT2D eigenvalue weighted by atomic mass is 19.1. The first-order valence-electron chi connectivity index (χ1n) is 7.94. The Bertz CT molecular complexity index is 637. The minimum absolute atomic E-state index is 0.139. The maximum atomic E-state index is 13.5. The van der Waals surface area contributed by atoms with E-state index in [4.69, 9.17) is 4.42 Å². The topological polar surface area (TPSA) is 51.1 Å². The normalized spacial score (nSPS) is 21.1. The zero-order chi connectivity index (χ0) is 16.1. The first kappa shape index (κ1) is 15.7. The summed E-state index contributed by atoms with van der Waals surface area (Å²) in [6.07, 6.45) is 1.70. The van der Waals surface area contributed by atoms with E-state index in [0.717, 1.165) is 38.5 Å². The zero-order valence-corrected chi connectivity index (χ0v) is 13.0. The molecule has 6 heteroatoms. The van der Waals surface area contributed by atoms with Crippen molar-refractivity contribution >= 4 is 11.6 Å². The van der Waals surface area contributed by atoms with Gasteiger partial charge in [-0.2, -0.15) is 0 Å². The minimum Gasteiger partial charge on any atom is -0.463 e. The minimum atomic E-state index is -0.399. The van der Waals surface area contributed by atoms with Gasteiger partial charge in [0.25, 0.3) is 5.91 Å². The van der Waals surface area contributed by atoms with E-state index in [1.54, 1.807) is 24.5 Å². The van der Waals surface area contributed by atoms with Gasteiger partial charge in [-0.3, -0.25) is 4.79 Å². The van der Waals surface area contributed by atoms with Crippen LogP contribution in [0.1, 0.15) is 5.76 Å². The Hall–Kier alpha value is -2.18. The average molecular weight is 319 g/mol. The van der Waals surface area contributed by atoms with E-state index in [-0.39, 0.29) is 11.6 Å². The fourth-order valence-electron chi connectivity index (χ4n) is 2.95. The lowest BCUT2D eigenvalue weighted by Crippen LogP contribution is -3.28. The smallest absolute Gasteiger partial charge is 0.279 e. The summed E-state index contributed by atoms with van der Waals surface area (Å²) in [5.74, 6) is 0.462. The van der Waals surface area contributed by atoms with Gasteiger partial charge in [0.1, 0.15) is 38.5 Å². The molecule has 1 aliphatic heterocycles. The molecular formula is C17H22FN3O2+2. The summed E-state index contributed by atoms with van der Waals surface area (Å²) >= 11 is 0. The van der Waals surface area contributed by atoms with Crippen LogP contribution in [0.15, 0.2) is 47.1 Å². The Balaban J connectivity index is 1.43. The number of furan rings is 1. The standard InChI is InChI=1S/C17H20FN3O2/c18-15-5-1-2-6-16(15)19-17(22)13-21-9-7-20(8-10-21)12-14-4-3-11-23-14/h1-6,11H,7-10,12-13H2,(H,19,22)/p+2. The number of anilines is 1. The third-order valence-electron chi connectivity index (χ3n) is 4.23. The Morgan fingerprint density at radius 2 is 1.83 bits per heavy atom. The zero-order valence-electron chi connectivity index (χ0n) is 13.0. The molecule has 122 valence electrons. The number of piperazine rings is 1. The monoisotopic (exact) mass is 319 g/mol. The molecule has 0 spiro atoms. The Labute approximate surface area is 134 Å². The summed E-state index contributed by atoms with van der Waals surface area (Å²) in [6.45, 7) is 5.14. The number of rotatable bonds is 5. The lowest BCUT2D eigenvalue weighted by molar-refractivity contribution is -1.02. The lowest BCUT2D eigenvalue weighted by atomic mass is 10.2. The van der Waals surface area contributed by atoms with Crippen LogP contribution in [0, 0.1) is 5.82 Å². The quantitative estimate of drug-likeness (QED) is 0.685. The van der Waals surface area contributed by atoms with Crippen LogP contribution in [0.3, 0.4) is 0 Å². The number of benzene rings is 1. The predicted molar refractivity (Wildman–Crippen MR) is 83.7 cm³/mol. The molecule has 0 saturated carbocycles. The molecule has 0 bridgehead atoms. The number of nitrogens with one attached hydrogen (secondary N) is 3. The van der Waals surface area contributed by atoms with Gasteiger partial charge in [-0.15, -0.1) is 0 Å². The third kappa shape index (κ3) is 4.40. The highest BCUT2D eigenvalue weighted by Crippen LogP contribution is 2.11. The van der Waals surface area contributed by atoms with Crippen molar-refractivity contribution in [2.24, 2.45) is 0 Å². The van der Waals surface area contributed by atoms with Crippen molar-refractivity contribution in [1.29, 1.82) is 0 Å². The van der Waals surface area contributed by atoms with Gasteiger partial charge in [0, 0.05) is 0 Å². The largest absolute Gasteiger partial charge is 0.463 e. The molecule has 3 N–H and O–H groups in total. The predicted octanol–water partition coefficient (Wildman–Crippen LogP) is -0.659. The Morgan fingerprint density at radius 1 is 1.09 bits per heavy atom. The van der Waals surface area contributed by atoms with E-state index in [1.807, 2.05) is 12.1 Å². The second kappa shape index (κ2) is 7.39. The number of carbonyl (C=O) groups is 1. The van der Waals surface area contributed by atoms with Gasteiger partial charge in [-0.05, 0) is 24.3 Å². The molecule has 2 aromatic rings. The molecule has 0 aliphatic carbocycles. The van der Waals surface area contributed by atoms with Crippen LogP contribution >= 0.6 is 0 Å². The molecule has 1 amide bonds. The van der Waals surface area contributed by atoms with Crippen LogP contribution in [0.4, 0.5) is 10.1 Å². The molecule has 0 unspecified atom stereocenters. The molecule has 1 aromatic carbocycles. The van der Waals surface area contributed by atoms with Crippen molar-refractivity contribution in [3.63, 3.8) is 0 Å². The van der Waals surface area contributed by atoms with E-state index in [9.17, 15) is 9.18 Å². The first-order chi connectivity index (χ1) is 11.2. The first-order valence-corrected chi connectivity index (χ1v) is 7.94. The van der Waals surface area contributed by atoms with Crippen LogP contribution < -0.4 is 15.1 Å². The summed E-state index contributed by atoms with van der Waals surface area (Å²) in [5.41, 5.74) is 0.249. The van der Waals surface area contributed by atoms with Crippen LogP contribution in [-0.4, -0.2) is 38.6 Å². The highest BCUT2D eigenvalue weighted by Gasteiger charge is 2.25. The van der Waals surface area contributed by atoms with Gasteiger partial charge in [0.2, 0.25) is 0 Å². The molecule has 0 radical (unpaired) electrons. The maximum absolute atomic E-state index is 13.5. The van der Waals surface area contributed by atoms with Crippen LogP contribution in [0.25, 0.3) is 0 Å². The molecule has 1 fully saturated rings. The summed E-state index contributed by atoms with van der Waals surface area (Å²) in [7, 11) is 0. The molecule has 1 saturated heterocycles. The number of hydrogen-bond acceptors (Lipinski definition) is 2. The lowest BCUT2D eigenvalue weighted by Gasteiger charge is -2.28. The van der Waals surface area contributed by atoms with Gasteiger partial charge in [-0.1, -0.05) is 12.1 Å². The average Bonchev–Trinajstić information content (AvgIpc) is 3.04. The van der Waals surface area contributed by atoms with E-state index in [2.05, 4.69) is 5.32 Å². The van der Waals surface area contributed by atoms with E-state index < -0.39 is 5.82 Å². The molecule has 0 atom stereocenters. The Morgan fingerprint density at radius 3 is 2.52 bits per heavy atom. The van der Waals surface area contributed by atoms with Crippen LogP contribution in [0.5, 0.6) is 0 Å². The van der Waals surface area contributed by atoms with Crippen molar-refractivity contribution in [3.05, 3.63) is 54.2 Å². The Kier molecular flexibility index (Phi) is 5.05. The van der Waals surface area contributed by atoms with Gasteiger partial charge < -0.3 is 19.5 Å². The second-order valence-corrected chi connectivity index (χ2v) is 5.96. The second-order valence-electron chi connectivity index (χ2n) is 5.96. The molecule has 23 heavy (non-hydrogen) atoms. The molecule has 1 aromatic heterocycles. The maximum Gasteiger partial charge on any atom is 0.279 e. The van der Waals surface area contributed by atoms with Crippen molar-refractivity contribution in [3.8, 4) is 0 Å². The highest BCUT2D eigenvalue weighted by molar-refractivity contribution is 5.91. The van der Waals surface area contributed by atoms with Crippen molar-refractivity contribution in [2.45, 2.75) is 6.54 Å². The number of carbonyl (C=O) groups excluding carboxylic acids is 1. The fraction of sp³-hybridized carbons (Fsp3) is 0.353. The van der Waals surface area contributed by atoms with Crippen LogP contribution in [0.2, 0.25) is 0 Å². The number of amides is 1. The molecule has 2 heterocycles. The SMILES string of the molecule is O=C(C[NH+]1CC[NH+](Cc2ccco2)CC1)Nc1ccccc1F. The summed E-state index contributed by atoms with van der Waals surface area (Å²) in [5, 5.41) is 2.65. The number of hydrogen-bond donors (Lipinski definition) is 3. The molecule has 3 rings (SSSR count). The third-order valence-corrected chi connectivity index (χ3v) is 4.23. The van der Waals surface area contributed by atoms with Gasteiger partial charge in [-0.25, -0.2) is 4.39 Å². The van der Waals surface area contributed by atoms with Gasteiger partial charge in [0.15, 0.2) is 12.3 Å². The van der Waals surface area contributed by atoms with E-state index in [1.165, 1.54) is 15.9 Å². The number of para-hydroxylation sites is 1. The van der Waals surface area contributed by atoms with Crippen molar-refractivity contribution in [1.82, 2.24) is 0 Å². The molecular weight excluding hydrogens is 297 g/mol. The summed E-state index contributed by atoms with van der Waals surface area (Å²) in [4.78, 5) is 14.8. The van der Waals surface area contributed by atoms with Gasteiger partial charge in [0.05, 0.1) is 12.0 Å². The number of halogens is 1. The van der Waals surface area contributed by atoms with Crippen LogP contribution in [-0.2, 0) is 11.3 Å². The van der Waals surface area contributed by atoms with Gasteiger partial charge >= 0.3 is 0 Å². The number of quaternary nitrogens is 2. The molecule has 1 aliphatic rings. The van der Waals surface area contributed by atoms with E-state index >= 15 is 0 Å². The fourth-order valence-corrected chi connectivity index (χ4v) is 2.95. The van der Waals surface area contributed by atoms with Crippen molar-refractivity contribution < 1.29 is 23.4 Å². The van der Waals surface area contributed by atoms with E-state index in [0.29, 0.717) is 6.54 Å². The summed E-state index contributed by atoms with van der Waals surface area (Å²) < 4.78 is 18.9.